The smallest absolute Gasteiger partial charge is 0.433 e. The molecule has 27 heavy (non-hydrogen) atoms. The molecule has 0 saturated heterocycles. The summed E-state index contributed by atoms with van der Waals surface area (Å²) in [5.74, 6) is 0.859. The normalized spacial score (nSPS) is 16.3. The van der Waals surface area contributed by atoms with E-state index in [2.05, 4.69) is 19.7 Å². The fourth-order valence-electron chi connectivity index (χ4n) is 2.69. The van der Waals surface area contributed by atoms with Gasteiger partial charge < -0.3 is 19.2 Å². The van der Waals surface area contributed by atoms with E-state index in [0.717, 1.165) is 5.56 Å². The number of fused-ring (bicyclic) bond motifs is 2. The van der Waals surface area contributed by atoms with E-state index in [9.17, 15) is 13.0 Å². The fourth-order valence-corrected chi connectivity index (χ4v) is 3.68. The largest absolute Gasteiger partial charge is 0.496 e. The molecular formula is C17H15F2N3O4S. The predicted molar refractivity (Wildman–Crippen MR) is 92.8 cm³/mol. The van der Waals surface area contributed by atoms with Crippen LogP contribution in [-0.2, 0) is 16.6 Å². The number of pyridine rings is 1. The highest BCUT2D eigenvalue weighted by atomic mass is 32.2. The van der Waals surface area contributed by atoms with E-state index in [0.29, 0.717) is 22.5 Å². The number of hydrogen-bond acceptors (Lipinski definition) is 6. The molecule has 1 atom stereocenters. The molecule has 0 radical (unpaired) electrons. The van der Waals surface area contributed by atoms with E-state index < -0.39 is 23.5 Å². The third-order valence-corrected chi connectivity index (χ3v) is 5.19. The van der Waals surface area contributed by atoms with Crippen LogP contribution in [0.5, 0.6) is 17.2 Å². The van der Waals surface area contributed by atoms with Crippen LogP contribution in [0.2, 0.25) is 0 Å². The van der Waals surface area contributed by atoms with Crippen LogP contribution in [-0.4, -0.2) is 39.0 Å². The average Bonchev–Trinajstić information content (AvgIpc) is 3.03. The zero-order valence-electron chi connectivity index (χ0n) is 14.4. The molecule has 1 aromatic carbocycles. The van der Waals surface area contributed by atoms with Gasteiger partial charge in [0.1, 0.15) is 5.75 Å². The summed E-state index contributed by atoms with van der Waals surface area (Å²) in [6.07, 6.45) is -1.74. The standard InChI is InChI=1S/C17H15F2N3O4S/c1-9-6-20-10(3-13(9)24-2)7-27(23)16-21-11-4-14-15(5-12(11)22-16)26-17(18,19)8-25-14/h3-6H,7-8H2,1-2H3,(H,21,22). The number of halogens is 2. The molecule has 4 rings (SSSR count). The Morgan fingerprint density at radius 1 is 1.33 bits per heavy atom. The third kappa shape index (κ3) is 3.44. The second-order valence-corrected chi connectivity index (χ2v) is 7.39. The number of H-pyrrole nitrogens is 1. The first-order chi connectivity index (χ1) is 12.8. The number of nitrogens with one attached hydrogen (secondary N) is 1. The minimum atomic E-state index is -3.39. The fraction of sp³-hybridized carbons (Fsp3) is 0.294. The van der Waals surface area contributed by atoms with Gasteiger partial charge in [0.25, 0.3) is 0 Å². The number of hydrogen-bond donors (Lipinski definition) is 1. The van der Waals surface area contributed by atoms with Crippen LogP contribution in [0.3, 0.4) is 0 Å². The van der Waals surface area contributed by atoms with Gasteiger partial charge in [0.15, 0.2) is 23.3 Å². The van der Waals surface area contributed by atoms with E-state index in [1.807, 2.05) is 6.92 Å². The van der Waals surface area contributed by atoms with E-state index in [1.54, 1.807) is 19.4 Å². The van der Waals surface area contributed by atoms with E-state index in [1.165, 1.54) is 12.1 Å². The van der Waals surface area contributed by atoms with Crippen molar-refractivity contribution in [1.29, 1.82) is 0 Å². The van der Waals surface area contributed by atoms with Crippen molar-refractivity contribution in [2.75, 3.05) is 13.7 Å². The average molecular weight is 395 g/mol. The molecule has 1 aliphatic heterocycles. The number of ether oxygens (including phenoxy) is 3. The quantitative estimate of drug-likeness (QED) is 0.731. The van der Waals surface area contributed by atoms with Crippen molar-refractivity contribution in [2.45, 2.75) is 23.9 Å². The number of rotatable bonds is 4. The predicted octanol–water partition coefficient (Wildman–Crippen LogP) is 2.95. The third-order valence-electron chi connectivity index (χ3n) is 4.01. The number of imidazole rings is 1. The van der Waals surface area contributed by atoms with Gasteiger partial charge >= 0.3 is 6.11 Å². The summed E-state index contributed by atoms with van der Waals surface area (Å²) in [6, 6.07) is 4.56. The van der Waals surface area contributed by atoms with Crippen LogP contribution < -0.4 is 14.2 Å². The van der Waals surface area contributed by atoms with E-state index in [4.69, 9.17) is 9.47 Å². The summed E-state index contributed by atoms with van der Waals surface area (Å²) in [5.41, 5.74) is 2.33. The van der Waals surface area contributed by atoms with Gasteiger partial charge in [-0.1, -0.05) is 0 Å². The SMILES string of the molecule is COc1cc(CS(=O)c2nc3cc4c(cc3[nH]2)OC(F)(F)CO4)ncc1C. The zero-order valence-corrected chi connectivity index (χ0v) is 15.2. The van der Waals surface area contributed by atoms with Crippen molar-refractivity contribution in [3.63, 3.8) is 0 Å². The minimum Gasteiger partial charge on any atom is -0.496 e. The second-order valence-electron chi connectivity index (χ2n) is 6.02. The molecule has 10 heteroatoms. The first kappa shape index (κ1) is 17.7. The van der Waals surface area contributed by atoms with Gasteiger partial charge in [-0.3, -0.25) is 9.19 Å². The molecule has 2 aromatic heterocycles. The van der Waals surface area contributed by atoms with Crippen LogP contribution in [0.4, 0.5) is 8.78 Å². The molecule has 0 amide bonds. The van der Waals surface area contributed by atoms with Crippen molar-refractivity contribution < 1.29 is 27.2 Å². The molecule has 0 fully saturated rings. The lowest BCUT2D eigenvalue weighted by atomic mass is 10.2. The molecule has 0 saturated carbocycles. The van der Waals surface area contributed by atoms with Crippen molar-refractivity contribution in [3.05, 3.63) is 35.7 Å². The molecule has 1 N–H and O–H groups in total. The number of benzene rings is 1. The van der Waals surface area contributed by atoms with Gasteiger partial charge in [-0.2, -0.15) is 8.78 Å². The summed E-state index contributed by atoms with van der Waals surface area (Å²) < 4.78 is 54.2. The number of alkyl halides is 2. The molecule has 0 aliphatic carbocycles. The highest BCUT2D eigenvalue weighted by molar-refractivity contribution is 7.84. The van der Waals surface area contributed by atoms with Crippen molar-refractivity contribution in [2.24, 2.45) is 0 Å². The number of aromatic amines is 1. The molecule has 1 unspecified atom stereocenters. The van der Waals surface area contributed by atoms with Gasteiger partial charge in [-0.25, -0.2) is 4.98 Å². The zero-order chi connectivity index (χ0) is 19.2. The Balaban J connectivity index is 1.61. The van der Waals surface area contributed by atoms with Gasteiger partial charge in [0, 0.05) is 30.0 Å². The molecule has 0 spiro atoms. The van der Waals surface area contributed by atoms with Crippen molar-refractivity contribution in [3.8, 4) is 17.2 Å². The summed E-state index contributed by atoms with van der Waals surface area (Å²) in [6.45, 7) is 0.997. The Morgan fingerprint density at radius 3 is 2.93 bits per heavy atom. The monoisotopic (exact) mass is 395 g/mol. The van der Waals surface area contributed by atoms with Crippen LogP contribution in [0.1, 0.15) is 11.3 Å². The highest BCUT2D eigenvalue weighted by Gasteiger charge is 2.38. The van der Waals surface area contributed by atoms with Crippen LogP contribution >= 0.6 is 0 Å². The van der Waals surface area contributed by atoms with Crippen molar-refractivity contribution >= 4 is 21.8 Å². The lowest BCUT2D eigenvalue weighted by Crippen LogP contribution is -2.35. The lowest BCUT2D eigenvalue weighted by molar-refractivity contribution is -0.208. The maximum absolute atomic E-state index is 13.3. The second kappa shape index (κ2) is 6.45. The van der Waals surface area contributed by atoms with Gasteiger partial charge in [0.2, 0.25) is 0 Å². The number of nitrogens with zero attached hydrogens (tertiary/aromatic N) is 2. The maximum atomic E-state index is 13.3. The first-order valence-corrected chi connectivity index (χ1v) is 9.28. The Hall–Kier alpha value is -2.75. The molecular weight excluding hydrogens is 380 g/mol. The summed E-state index contributed by atoms with van der Waals surface area (Å²) in [4.78, 5) is 11.4. The molecule has 3 heterocycles. The number of aromatic nitrogens is 3. The van der Waals surface area contributed by atoms with Crippen molar-refractivity contribution in [1.82, 2.24) is 15.0 Å². The molecule has 1 aliphatic rings. The van der Waals surface area contributed by atoms with Gasteiger partial charge in [-0.05, 0) is 6.92 Å². The van der Waals surface area contributed by atoms with E-state index in [-0.39, 0.29) is 22.4 Å². The maximum Gasteiger partial charge on any atom is 0.433 e. The summed E-state index contributed by atoms with van der Waals surface area (Å²) in [5, 5.41) is 0.209. The number of methoxy groups -OCH3 is 1. The van der Waals surface area contributed by atoms with Gasteiger partial charge in [-0.15, -0.1) is 0 Å². The summed E-state index contributed by atoms with van der Waals surface area (Å²) in [7, 11) is 0.0381. The Kier molecular flexibility index (Phi) is 4.22. The number of aryl methyl sites for hydroxylation is 1. The highest BCUT2D eigenvalue weighted by Crippen LogP contribution is 2.39. The van der Waals surface area contributed by atoms with E-state index >= 15 is 0 Å². The molecule has 0 bridgehead atoms. The first-order valence-electron chi connectivity index (χ1n) is 7.96. The molecule has 3 aromatic rings. The minimum absolute atomic E-state index is 0.0929. The van der Waals surface area contributed by atoms with Crippen LogP contribution in [0.25, 0.3) is 11.0 Å². The summed E-state index contributed by atoms with van der Waals surface area (Å²) >= 11 is 0. The topological polar surface area (TPSA) is 86.3 Å². The lowest BCUT2D eigenvalue weighted by Gasteiger charge is -2.25. The van der Waals surface area contributed by atoms with Crippen LogP contribution in [0.15, 0.2) is 29.6 Å². The van der Waals surface area contributed by atoms with Gasteiger partial charge in [0.05, 0.1) is 40.4 Å². The van der Waals surface area contributed by atoms with Crippen LogP contribution in [0, 0.1) is 6.92 Å². The Morgan fingerprint density at radius 2 is 2.15 bits per heavy atom. The molecule has 142 valence electrons. The Labute approximate surface area is 155 Å². The molecule has 7 nitrogen and oxygen atoms in total. The Bertz CT molecular complexity index is 1050.